The summed E-state index contributed by atoms with van der Waals surface area (Å²) in [6.07, 6.45) is 0. The van der Waals surface area contributed by atoms with Crippen LogP contribution in [-0.4, -0.2) is 11.5 Å². The van der Waals surface area contributed by atoms with Crippen LogP contribution in [0.1, 0.15) is 12.5 Å². The Morgan fingerprint density at radius 2 is 2.00 bits per heavy atom. The van der Waals surface area contributed by atoms with Gasteiger partial charge in [-0.25, -0.2) is 0 Å². The minimum Gasteiger partial charge on any atom is -0.349 e. The molecule has 0 radical (unpaired) electrons. The van der Waals surface area contributed by atoms with Crippen LogP contribution in [0.25, 0.3) is 10.9 Å². The maximum absolute atomic E-state index is 6.35. The number of fused-ring (bicyclic) bond motifs is 1. The molecule has 0 amide bonds. The molecule has 21 heavy (non-hydrogen) atoms. The van der Waals surface area contributed by atoms with Crippen molar-refractivity contribution >= 4 is 34.3 Å². The second kappa shape index (κ2) is 6.56. The highest BCUT2D eigenvalue weighted by Gasteiger charge is 2.09. The van der Waals surface area contributed by atoms with Crippen molar-refractivity contribution in [3.8, 4) is 0 Å². The van der Waals surface area contributed by atoms with Gasteiger partial charge < -0.3 is 10.3 Å². The van der Waals surface area contributed by atoms with Crippen molar-refractivity contribution < 1.29 is 0 Å². The van der Waals surface area contributed by atoms with E-state index in [-0.39, 0.29) is 0 Å². The molecule has 0 saturated heterocycles. The van der Waals surface area contributed by atoms with Gasteiger partial charge in [-0.1, -0.05) is 54.6 Å². The summed E-state index contributed by atoms with van der Waals surface area (Å²) in [5, 5.41) is 6.53. The molecule has 0 spiro atoms. The molecule has 2 aromatic carbocycles. The number of halogens is 1. The van der Waals surface area contributed by atoms with Crippen LogP contribution in [0.4, 0.5) is 0 Å². The van der Waals surface area contributed by atoms with E-state index in [1.165, 1.54) is 10.3 Å². The van der Waals surface area contributed by atoms with Gasteiger partial charge in [-0.15, -0.1) is 0 Å². The second-order valence-corrected chi connectivity index (χ2v) is 6.31. The van der Waals surface area contributed by atoms with E-state index >= 15 is 0 Å². The lowest BCUT2D eigenvalue weighted by atomic mass is 10.2. The Morgan fingerprint density at radius 3 is 2.81 bits per heavy atom. The third-order valence-corrected chi connectivity index (χ3v) is 4.75. The van der Waals surface area contributed by atoms with Crippen molar-refractivity contribution in [2.75, 3.05) is 6.54 Å². The fraction of sp³-hybridized carbons (Fsp3) is 0.176. The van der Waals surface area contributed by atoms with Gasteiger partial charge in [-0.3, -0.25) is 0 Å². The smallest absolute Gasteiger partial charge is 0.0781 e. The lowest BCUT2D eigenvalue weighted by Gasteiger charge is -2.10. The first-order valence-electron chi connectivity index (χ1n) is 7.01. The van der Waals surface area contributed by atoms with Crippen LogP contribution in [0.3, 0.4) is 0 Å². The van der Waals surface area contributed by atoms with Gasteiger partial charge in [0.15, 0.2) is 0 Å². The number of benzene rings is 2. The third kappa shape index (κ3) is 3.26. The molecule has 2 N–H and O–H groups in total. The van der Waals surface area contributed by atoms with E-state index in [0.29, 0.717) is 0 Å². The van der Waals surface area contributed by atoms with E-state index < -0.39 is 0 Å². The Balaban J connectivity index is 1.91. The second-order valence-electron chi connectivity index (χ2n) is 4.82. The van der Waals surface area contributed by atoms with Crippen LogP contribution >= 0.6 is 23.4 Å². The summed E-state index contributed by atoms with van der Waals surface area (Å²) in [7, 11) is 0. The van der Waals surface area contributed by atoms with Crippen molar-refractivity contribution in [3.05, 3.63) is 59.1 Å². The molecule has 4 heteroatoms. The Hall–Kier alpha value is -1.42. The maximum atomic E-state index is 6.35. The molecule has 0 aliphatic heterocycles. The van der Waals surface area contributed by atoms with Gasteiger partial charge in [0.25, 0.3) is 0 Å². The van der Waals surface area contributed by atoms with Crippen LogP contribution in [0.15, 0.2) is 58.5 Å². The van der Waals surface area contributed by atoms with Gasteiger partial charge >= 0.3 is 0 Å². The number of hydrogen-bond donors (Lipinski definition) is 2. The summed E-state index contributed by atoms with van der Waals surface area (Å²) < 4.78 is 0. The molecule has 2 nitrogen and oxygen atoms in total. The summed E-state index contributed by atoms with van der Waals surface area (Å²) in [6, 6.07) is 16.6. The number of rotatable bonds is 5. The number of aromatic nitrogens is 1. The molecule has 3 aromatic rings. The highest BCUT2D eigenvalue weighted by atomic mass is 35.5. The van der Waals surface area contributed by atoms with E-state index in [9.17, 15) is 0 Å². The monoisotopic (exact) mass is 316 g/mol. The summed E-state index contributed by atoms with van der Waals surface area (Å²) in [5.74, 6) is 0. The first kappa shape index (κ1) is 14.5. The predicted octanol–water partition coefficient (Wildman–Crippen LogP) is 5.08. The minimum absolute atomic E-state index is 0.790. The topological polar surface area (TPSA) is 27.8 Å². The fourth-order valence-corrected chi connectivity index (χ4v) is 3.61. The zero-order valence-electron chi connectivity index (χ0n) is 11.8. The van der Waals surface area contributed by atoms with Crippen LogP contribution in [0.2, 0.25) is 5.02 Å². The van der Waals surface area contributed by atoms with Crippen LogP contribution in [-0.2, 0) is 6.54 Å². The van der Waals surface area contributed by atoms with Crippen molar-refractivity contribution in [3.63, 3.8) is 0 Å². The summed E-state index contributed by atoms with van der Waals surface area (Å²) in [5.41, 5.74) is 2.32. The summed E-state index contributed by atoms with van der Waals surface area (Å²) in [6.45, 7) is 3.82. The van der Waals surface area contributed by atoms with Crippen molar-refractivity contribution in [2.24, 2.45) is 0 Å². The molecule has 108 valence electrons. The van der Waals surface area contributed by atoms with E-state index in [1.54, 1.807) is 11.8 Å². The van der Waals surface area contributed by atoms with Crippen LogP contribution in [0, 0.1) is 0 Å². The number of H-pyrrole nitrogens is 1. The molecular weight excluding hydrogens is 300 g/mol. The summed E-state index contributed by atoms with van der Waals surface area (Å²) >= 11 is 8.07. The number of hydrogen-bond acceptors (Lipinski definition) is 2. The highest BCUT2D eigenvalue weighted by molar-refractivity contribution is 7.99. The van der Waals surface area contributed by atoms with Gasteiger partial charge in [0, 0.05) is 27.4 Å². The lowest BCUT2D eigenvalue weighted by molar-refractivity contribution is 0.718. The summed E-state index contributed by atoms with van der Waals surface area (Å²) in [4.78, 5) is 4.64. The molecule has 0 aliphatic carbocycles. The Kier molecular flexibility index (Phi) is 4.54. The van der Waals surface area contributed by atoms with Crippen LogP contribution in [0.5, 0.6) is 0 Å². The molecular formula is C17H17ClN2S. The SMILES string of the molecule is CCNCc1c(Cl)cccc1Sc1cc2ccccc2[nH]1. The predicted molar refractivity (Wildman–Crippen MR) is 91.3 cm³/mol. The highest BCUT2D eigenvalue weighted by Crippen LogP contribution is 2.34. The number of nitrogens with one attached hydrogen (secondary N) is 2. The lowest BCUT2D eigenvalue weighted by Crippen LogP contribution is -2.12. The average molecular weight is 317 g/mol. The molecule has 0 saturated carbocycles. The zero-order chi connectivity index (χ0) is 14.7. The zero-order valence-corrected chi connectivity index (χ0v) is 13.4. The molecule has 1 heterocycles. The van der Waals surface area contributed by atoms with Gasteiger partial charge in [0.05, 0.1) is 5.03 Å². The Bertz CT molecular complexity index is 718. The third-order valence-electron chi connectivity index (χ3n) is 3.35. The van der Waals surface area contributed by atoms with Gasteiger partial charge in [-0.2, -0.15) is 0 Å². The van der Waals surface area contributed by atoms with Gasteiger partial charge in [0.1, 0.15) is 0 Å². The van der Waals surface area contributed by atoms with Gasteiger partial charge in [0.2, 0.25) is 0 Å². The molecule has 0 aliphatic rings. The fourth-order valence-electron chi connectivity index (χ4n) is 2.28. The van der Waals surface area contributed by atoms with Crippen molar-refractivity contribution in [2.45, 2.75) is 23.4 Å². The largest absolute Gasteiger partial charge is 0.349 e. The van der Waals surface area contributed by atoms with Crippen molar-refractivity contribution in [1.82, 2.24) is 10.3 Å². The molecule has 0 bridgehead atoms. The van der Waals surface area contributed by atoms with Crippen LogP contribution < -0.4 is 5.32 Å². The standard InChI is InChI=1S/C17H17ClN2S/c1-2-19-11-13-14(18)7-5-9-16(13)21-17-10-12-6-3-4-8-15(12)20-17/h3-10,19-20H,2,11H2,1H3. The molecule has 0 fully saturated rings. The molecule has 0 atom stereocenters. The molecule has 3 rings (SSSR count). The van der Waals surface area contributed by atoms with Crippen molar-refractivity contribution in [1.29, 1.82) is 0 Å². The average Bonchev–Trinajstić information content (AvgIpc) is 2.89. The Labute approximate surface area is 133 Å². The number of aromatic amines is 1. The quantitative estimate of drug-likeness (QED) is 0.687. The van der Waals surface area contributed by atoms with E-state index in [4.69, 9.17) is 11.6 Å². The van der Waals surface area contributed by atoms with E-state index in [0.717, 1.165) is 34.2 Å². The Morgan fingerprint density at radius 1 is 1.14 bits per heavy atom. The first-order chi connectivity index (χ1) is 10.3. The minimum atomic E-state index is 0.790. The van der Waals surface area contributed by atoms with E-state index in [2.05, 4.69) is 47.6 Å². The number of para-hydroxylation sites is 1. The normalized spacial score (nSPS) is 11.1. The van der Waals surface area contributed by atoms with E-state index in [1.807, 2.05) is 18.2 Å². The molecule has 0 unspecified atom stereocenters. The van der Waals surface area contributed by atoms with Gasteiger partial charge in [-0.05, 0) is 36.4 Å². The first-order valence-corrected chi connectivity index (χ1v) is 8.21. The molecule has 1 aromatic heterocycles. The maximum Gasteiger partial charge on any atom is 0.0781 e.